The molecule has 0 unspecified atom stereocenters. The van der Waals surface area contributed by atoms with Gasteiger partial charge in [-0.25, -0.2) is 0 Å². The fourth-order valence-electron chi connectivity index (χ4n) is 1.11. The molecular weight excluding hydrogens is 204 g/mol. The first-order chi connectivity index (χ1) is 7.56. The zero-order chi connectivity index (χ0) is 12.4. The molecule has 0 heterocycles. The summed E-state index contributed by atoms with van der Waals surface area (Å²) in [5, 5.41) is 5.43. The van der Waals surface area contributed by atoms with E-state index in [1.165, 1.54) is 6.08 Å². The van der Waals surface area contributed by atoms with E-state index in [9.17, 15) is 9.59 Å². The van der Waals surface area contributed by atoms with Crippen molar-refractivity contribution < 1.29 is 9.59 Å². The molecule has 0 bridgehead atoms. The van der Waals surface area contributed by atoms with Crippen molar-refractivity contribution >= 4 is 11.8 Å². The van der Waals surface area contributed by atoms with Gasteiger partial charge in [-0.15, -0.1) is 0 Å². The lowest BCUT2D eigenvalue weighted by Gasteiger charge is -2.07. The van der Waals surface area contributed by atoms with Crippen molar-refractivity contribution in [1.29, 1.82) is 0 Å². The first-order valence-electron chi connectivity index (χ1n) is 5.77. The van der Waals surface area contributed by atoms with Crippen LogP contribution in [0.1, 0.15) is 33.6 Å². The van der Waals surface area contributed by atoms with E-state index in [0.717, 1.165) is 6.42 Å². The Labute approximate surface area is 97.5 Å². The highest BCUT2D eigenvalue weighted by Gasteiger charge is 2.03. The highest BCUT2D eigenvalue weighted by atomic mass is 16.2. The Morgan fingerprint density at radius 2 is 1.81 bits per heavy atom. The molecule has 0 aromatic carbocycles. The monoisotopic (exact) mass is 226 g/mol. The summed E-state index contributed by atoms with van der Waals surface area (Å²) in [7, 11) is 0. The van der Waals surface area contributed by atoms with Gasteiger partial charge < -0.3 is 10.6 Å². The van der Waals surface area contributed by atoms with Crippen molar-refractivity contribution in [2.24, 2.45) is 5.92 Å². The second-order valence-corrected chi connectivity index (χ2v) is 4.05. The summed E-state index contributed by atoms with van der Waals surface area (Å²) in [6, 6.07) is 0. The van der Waals surface area contributed by atoms with Gasteiger partial charge in [0.15, 0.2) is 0 Å². The first kappa shape index (κ1) is 14.7. The molecule has 0 aromatic rings. The van der Waals surface area contributed by atoms with Gasteiger partial charge in [0.05, 0.1) is 0 Å². The van der Waals surface area contributed by atoms with Gasteiger partial charge in [-0.3, -0.25) is 9.59 Å². The van der Waals surface area contributed by atoms with E-state index in [1.54, 1.807) is 6.08 Å². The SMILES string of the molecule is CC/C=C/C(=O)NCCNC(=O)CC(C)C. The molecule has 92 valence electrons. The molecule has 0 rings (SSSR count). The van der Waals surface area contributed by atoms with E-state index < -0.39 is 0 Å². The standard InChI is InChI=1S/C12H22N2O2/c1-4-5-6-11(15)13-7-8-14-12(16)9-10(2)3/h5-6,10H,4,7-9H2,1-3H3,(H,13,15)(H,14,16)/b6-5+. The molecule has 0 aliphatic rings. The van der Waals surface area contributed by atoms with Crippen LogP contribution < -0.4 is 10.6 Å². The number of hydrogen-bond acceptors (Lipinski definition) is 2. The van der Waals surface area contributed by atoms with Crippen LogP contribution in [-0.4, -0.2) is 24.9 Å². The third-order valence-electron chi connectivity index (χ3n) is 1.84. The van der Waals surface area contributed by atoms with Gasteiger partial charge in [0.2, 0.25) is 11.8 Å². The third-order valence-corrected chi connectivity index (χ3v) is 1.84. The van der Waals surface area contributed by atoms with E-state index in [1.807, 2.05) is 20.8 Å². The van der Waals surface area contributed by atoms with E-state index in [2.05, 4.69) is 10.6 Å². The molecular formula is C12H22N2O2. The average molecular weight is 226 g/mol. The van der Waals surface area contributed by atoms with E-state index in [0.29, 0.717) is 25.4 Å². The Morgan fingerprint density at radius 3 is 2.38 bits per heavy atom. The maximum Gasteiger partial charge on any atom is 0.243 e. The Morgan fingerprint density at radius 1 is 1.19 bits per heavy atom. The minimum Gasteiger partial charge on any atom is -0.354 e. The van der Waals surface area contributed by atoms with Crippen LogP contribution >= 0.6 is 0 Å². The third kappa shape index (κ3) is 9.24. The quantitative estimate of drug-likeness (QED) is 0.507. The highest BCUT2D eigenvalue weighted by Crippen LogP contribution is 1.97. The zero-order valence-electron chi connectivity index (χ0n) is 10.4. The number of hydrogen-bond donors (Lipinski definition) is 2. The normalized spacial score (nSPS) is 10.8. The van der Waals surface area contributed by atoms with Crippen molar-refractivity contribution in [2.75, 3.05) is 13.1 Å². The van der Waals surface area contributed by atoms with E-state index >= 15 is 0 Å². The van der Waals surface area contributed by atoms with Crippen LogP contribution in [0.5, 0.6) is 0 Å². The van der Waals surface area contributed by atoms with Crippen molar-refractivity contribution in [3.63, 3.8) is 0 Å². The number of allylic oxidation sites excluding steroid dienone is 1. The molecule has 0 atom stereocenters. The molecule has 0 aliphatic carbocycles. The predicted octanol–water partition coefficient (Wildman–Crippen LogP) is 1.23. The summed E-state index contributed by atoms with van der Waals surface area (Å²) < 4.78 is 0. The fraction of sp³-hybridized carbons (Fsp3) is 0.667. The number of amides is 2. The highest BCUT2D eigenvalue weighted by molar-refractivity contribution is 5.87. The predicted molar refractivity (Wildman–Crippen MR) is 64.9 cm³/mol. The number of carbonyl (C=O) groups is 2. The molecule has 0 saturated heterocycles. The smallest absolute Gasteiger partial charge is 0.243 e. The molecule has 0 aromatic heterocycles. The summed E-state index contributed by atoms with van der Waals surface area (Å²) >= 11 is 0. The number of nitrogens with one attached hydrogen (secondary N) is 2. The molecule has 2 N–H and O–H groups in total. The lowest BCUT2D eigenvalue weighted by Crippen LogP contribution is -2.34. The molecule has 0 saturated carbocycles. The van der Waals surface area contributed by atoms with Crippen LogP contribution in [0.15, 0.2) is 12.2 Å². The lowest BCUT2D eigenvalue weighted by atomic mass is 10.1. The Hall–Kier alpha value is -1.32. The molecule has 0 radical (unpaired) electrons. The second-order valence-electron chi connectivity index (χ2n) is 4.05. The van der Waals surface area contributed by atoms with Crippen LogP contribution in [0.4, 0.5) is 0 Å². The molecule has 4 nitrogen and oxygen atoms in total. The summed E-state index contributed by atoms with van der Waals surface area (Å²) in [6.07, 6.45) is 4.69. The zero-order valence-corrected chi connectivity index (χ0v) is 10.4. The van der Waals surface area contributed by atoms with Crippen molar-refractivity contribution in [3.8, 4) is 0 Å². The molecule has 0 fully saturated rings. The Balaban J connectivity index is 3.49. The fourth-order valence-corrected chi connectivity index (χ4v) is 1.11. The van der Waals surface area contributed by atoms with Crippen LogP contribution in [0.2, 0.25) is 0 Å². The summed E-state index contributed by atoms with van der Waals surface area (Å²) in [4.78, 5) is 22.3. The van der Waals surface area contributed by atoms with Gasteiger partial charge in [-0.1, -0.05) is 26.8 Å². The number of rotatable bonds is 7. The second kappa shape index (κ2) is 8.95. The average Bonchev–Trinajstić information content (AvgIpc) is 2.20. The topological polar surface area (TPSA) is 58.2 Å². The minimum absolute atomic E-state index is 0.0355. The number of carbonyl (C=O) groups excluding carboxylic acids is 2. The van der Waals surface area contributed by atoms with E-state index in [4.69, 9.17) is 0 Å². The van der Waals surface area contributed by atoms with Gasteiger partial charge in [0.1, 0.15) is 0 Å². The van der Waals surface area contributed by atoms with Gasteiger partial charge >= 0.3 is 0 Å². The van der Waals surface area contributed by atoms with Gasteiger partial charge in [0.25, 0.3) is 0 Å². The maximum absolute atomic E-state index is 11.2. The summed E-state index contributed by atoms with van der Waals surface area (Å²) in [5.41, 5.74) is 0. The largest absolute Gasteiger partial charge is 0.354 e. The van der Waals surface area contributed by atoms with Crippen LogP contribution in [0, 0.1) is 5.92 Å². The lowest BCUT2D eigenvalue weighted by molar-refractivity contribution is -0.122. The minimum atomic E-state index is -0.111. The molecule has 0 spiro atoms. The van der Waals surface area contributed by atoms with E-state index in [-0.39, 0.29) is 11.8 Å². The van der Waals surface area contributed by atoms with Crippen LogP contribution in [-0.2, 0) is 9.59 Å². The molecule has 16 heavy (non-hydrogen) atoms. The maximum atomic E-state index is 11.2. The first-order valence-corrected chi connectivity index (χ1v) is 5.77. The molecule has 2 amide bonds. The van der Waals surface area contributed by atoms with Crippen LogP contribution in [0.25, 0.3) is 0 Å². The van der Waals surface area contributed by atoms with Gasteiger partial charge in [-0.2, -0.15) is 0 Å². The van der Waals surface area contributed by atoms with Crippen molar-refractivity contribution in [1.82, 2.24) is 10.6 Å². The summed E-state index contributed by atoms with van der Waals surface area (Å²) in [6.45, 7) is 6.91. The van der Waals surface area contributed by atoms with Crippen LogP contribution in [0.3, 0.4) is 0 Å². The Kier molecular flexibility index (Phi) is 8.21. The molecule has 0 aliphatic heterocycles. The molecule has 4 heteroatoms. The van der Waals surface area contributed by atoms with Gasteiger partial charge in [0, 0.05) is 19.5 Å². The van der Waals surface area contributed by atoms with Gasteiger partial charge in [-0.05, 0) is 18.4 Å². The van der Waals surface area contributed by atoms with Crippen molar-refractivity contribution in [2.45, 2.75) is 33.6 Å². The Bertz CT molecular complexity index is 247. The van der Waals surface area contributed by atoms with Crippen molar-refractivity contribution in [3.05, 3.63) is 12.2 Å². The summed E-state index contributed by atoms with van der Waals surface area (Å²) in [5.74, 6) is 0.287.